The lowest BCUT2D eigenvalue weighted by Crippen LogP contribution is -2.34. The van der Waals surface area contributed by atoms with Gasteiger partial charge in [0.1, 0.15) is 0 Å². The molecule has 1 saturated heterocycles. The van der Waals surface area contributed by atoms with Gasteiger partial charge >= 0.3 is 5.97 Å². The zero-order valence-electron chi connectivity index (χ0n) is 13.1. The highest BCUT2D eigenvalue weighted by atomic mass is 16.5. The van der Waals surface area contributed by atoms with Crippen LogP contribution in [0.2, 0.25) is 0 Å². The summed E-state index contributed by atoms with van der Waals surface area (Å²) in [6.07, 6.45) is 6.69. The van der Waals surface area contributed by atoms with Crippen LogP contribution in [-0.2, 0) is 9.53 Å². The van der Waals surface area contributed by atoms with Gasteiger partial charge in [-0.2, -0.15) is 0 Å². The molecule has 1 aromatic carbocycles. The van der Waals surface area contributed by atoms with Crippen molar-refractivity contribution in [2.45, 2.75) is 37.8 Å². The first-order valence-electron chi connectivity index (χ1n) is 7.91. The van der Waals surface area contributed by atoms with Crippen molar-refractivity contribution in [3.63, 3.8) is 0 Å². The van der Waals surface area contributed by atoms with E-state index in [-0.39, 0.29) is 5.97 Å². The van der Waals surface area contributed by atoms with Gasteiger partial charge in [-0.05, 0) is 31.4 Å². The summed E-state index contributed by atoms with van der Waals surface area (Å²) in [5, 5.41) is 10.2. The van der Waals surface area contributed by atoms with Crippen LogP contribution in [0.5, 0.6) is 0 Å². The van der Waals surface area contributed by atoms with Crippen molar-refractivity contribution in [2.75, 3.05) is 20.2 Å². The summed E-state index contributed by atoms with van der Waals surface area (Å²) in [6.45, 7) is 1.71. The lowest BCUT2D eigenvalue weighted by Gasteiger charge is -2.25. The zero-order valence-corrected chi connectivity index (χ0v) is 13.1. The first-order valence-corrected chi connectivity index (χ1v) is 7.91. The van der Waals surface area contributed by atoms with Crippen LogP contribution in [-0.4, -0.2) is 48.3 Å². The largest absolute Gasteiger partial charge is 0.469 e. The predicted octanol–water partition coefficient (Wildman–Crippen LogP) is 2.48. The minimum absolute atomic E-state index is 0.171. The minimum Gasteiger partial charge on any atom is -0.469 e. The Kier molecular flexibility index (Phi) is 6.62. The van der Waals surface area contributed by atoms with Crippen molar-refractivity contribution < 1.29 is 14.6 Å². The van der Waals surface area contributed by atoms with Gasteiger partial charge in [0.15, 0.2) is 0 Å². The highest BCUT2D eigenvalue weighted by Gasteiger charge is 2.26. The van der Waals surface area contributed by atoms with Gasteiger partial charge in [-0.25, -0.2) is 0 Å². The Hall–Kier alpha value is -1.65. The fourth-order valence-corrected chi connectivity index (χ4v) is 2.94. The van der Waals surface area contributed by atoms with Gasteiger partial charge < -0.3 is 9.84 Å². The number of likely N-dealkylation sites (tertiary alicyclic amines) is 1. The van der Waals surface area contributed by atoms with Crippen LogP contribution < -0.4 is 0 Å². The van der Waals surface area contributed by atoms with Crippen molar-refractivity contribution in [2.24, 2.45) is 0 Å². The second-order valence-corrected chi connectivity index (χ2v) is 5.73. The van der Waals surface area contributed by atoms with E-state index in [4.69, 9.17) is 0 Å². The number of benzene rings is 1. The summed E-state index contributed by atoms with van der Waals surface area (Å²) in [6, 6.07) is 10.3. The maximum Gasteiger partial charge on any atom is 0.306 e. The van der Waals surface area contributed by atoms with Crippen molar-refractivity contribution in [1.82, 2.24) is 4.90 Å². The highest BCUT2D eigenvalue weighted by Crippen LogP contribution is 2.22. The molecule has 120 valence electrons. The minimum atomic E-state index is -0.455. The molecule has 0 bridgehead atoms. The summed E-state index contributed by atoms with van der Waals surface area (Å²) in [7, 11) is 1.42. The van der Waals surface area contributed by atoms with E-state index in [0.29, 0.717) is 25.4 Å². The summed E-state index contributed by atoms with van der Waals surface area (Å²) in [5.41, 5.74) is 1.09. The third kappa shape index (κ3) is 5.28. The van der Waals surface area contributed by atoms with Gasteiger partial charge in [0.05, 0.1) is 19.6 Å². The molecule has 0 saturated carbocycles. The topological polar surface area (TPSA) is 49.8 Å². The molecule has 2 atom stereocenters. The van der Waals surface area contributed by atoms with Crippen molar-refractivity contribution in [3.8, 4) is 0 Å². The number of methoxy groups -OCH3 is 1. The average Bonchev–Trinajstić information content (AvgIpc) is 2.98. The molecule has 4 heteroatoms. The van der Waals surface area contributed by atoms with Crippen LogP contribution in [0.3, 0.4) is 0 Å². The molecule has 0 aliphatic carbocycles. The second kappa shape index (κ2) is 8.71. The molecule has 2 unspecified atom stereocenters. The highest BCUT2D eigenvalue weighted by molar-refractivity contribution is 5.69. The standard InChI is InChI=1S/C18H25NO3/c1-22-18(21)11-13-19-12-5-8-16(19)14-17(20)10-9-15-6-3-2-4-7-15/h2-4,6-7,9-10,16-17,20H,5,8,11-14H2,1H3. The number of esters is 1. The molecule has 1 fully saturated rings. The number of hydrogen-bond acceptors (Lipinski definition) is 4. The number of aliphatic hydroxyl groups is 1. The zero-order chi connectivity index (χ0) is 15.8. The van der Waals surface area contributed by atoms with Crippen LogP contribution in [0.1, 0.15) is 31.2 Å². The Morgan fingerprint density at radius 3 is 2.95 bits per heavy atom. The van der Waals surface area contributed by atoms with Gasteiger partial charge in [0, 0.05) is 12.6 Å². The Balaban J connectivity index is 1.81. The van der Waals surface area contributed by atoms with E-state index >= 15 is 0 Å². The quantitative estimate of drug-likeness (QED) is 0.786. The van der Waals surface area contributed by atoms with Crippen LogP contribution >= 0.6 is 0 Å². The molecule has 1 aliphatic rings. The van der Waals surface area contributed by atoms with Gasteiger partial charge in [0.2, 0.25) is 0 Å². The number of carbonyl (C=O) groups excluding carboxylic acids is 1. The molecule has 1 heterocycles. The van der Waals surface area contributed by atoms with Crippen molar-refractivity contribution in [3.05, 3.63) is 42.0 Å². The number of aliphatic hydroxyl groups excluding tert-OH is 1. The van der Waals surface area contributed by atoms with Crippen molar-refractivity contribution in [1.29, 1.82) is 0 Å². The molecule has 1 aliphatic heterocycles. The molecule has 0 radical (unpaired) electrons. The molecular weight excluding hydrogens is 278 g/mol. The monoisotopic (exact) mass is 303 g/mol. The molecule has 1 aromatic rings. The Labute approximate surface area is 132 Å². The van der Waals surface area contributed by atoms with Gasteiger partial charge in [-0.15, -0.1) is 0 Å². The fraction of sp³-hybridized carbons (Fsp3) is 0.500. The SMILES string of the molecule is COC(=O)CCN1CCCC1CC(O)C=Cc1ccccc1. The summed E-state index contributed by atoms with van der Waals surface area (Å²) in [5.74, 6) is -0.171. The van der Waals surface area contributed by atoms with E-state index < -0.39 is 6.10 Å². The Morgan fingerprint density at radius 1 is 1.45 bits per heavy atom. The van der Waals surface area contributed by atoms with Crippen LogP contribution in [0, 0.1) is 0 Å². The second-order valence-electron chi connectivity index (χ2n) is 5.73. The predicted molar refractivity (Wildman–Crippen MR) is 87.3 cm³/mol. The fourth-order valence-electron chi connectivity index (χ4n) is 2.94. The molecule has 2 rings (SSSR count). The number of rotatable bonds is 7. The first kappa shape index (κ1) is 16.7. The average molecular weight is 303 g/mol. The van der Waals surface area contributed by atoms with E-state index in [1.165, 1.54) is 7.11 Å². The summed E-state index contributed by atoms with van der Waals surface area (Å²) < 4.78 is 4.69. The third-order valence-corrected chi connectivity index (χ3v) is 4.15. The third-order valence-electron chi connectivity index (χ3n) is 4.15. The maximum atomic E-state index is 11.2. The number of ether oxygens (including phenoxy) is 1. The van der Waals surface area contributed by atoms with E-state index in [9.17, 15) is 9.90 Å². The van der Waals surface area contributed by atoms with E-state index in [0.717, 1.165) is 24.9 Å². The number of carbonyl (C=O) groups is 1. The van der Waals surface area contributed by atoms with Crippen LogP contribution in [0.4, 0.5) is 0 Å². The summed E-state index contributed by atoms with van der Waals surface area (Å²) in [4.78, 5) is 13.5. The number of nitrogens with zero attached hydrogens (tertiary/aromatic N) is 1. The van der Waals surface area contributed by atoms with E-state index in [1.807, 2.05) is 42.5 Å². The van der Waals surface area contributed by atoms with Crippen LogP contribution in [0.15, 0.2) is 36.4 Å². The lowest BCUT2D eigenvalue weighted by atomic mass is 10.1. The molecule has 0 amide bonds. The molecule has 22 heavy (non-hydrogen) atoms. The van der Waals surface area contributed by atoms with E-state index in [2.05, 4.69) is 9.64 Å². The Morgan fingerprint density at radius 2 is 2.23 bits per heavy atom. The Bertz CT molecular complexity index is 486. The molecule has 0 aromatic heterocycles. The molecule has 0 spiro atoms. The summed E-state index contributed by atoms with van der Waals surface area (Å²) >= 11 is 0. The molecular formula is C18H25NO3. The van der Waals surface area contributed by atoms with Crippen LogP contribution in [0.25, 0.3) is 6.08 Å². The normalized spacial score (nSPS) is 20.4. The van der Waals surface area contributed by atoms with Gasteiger partial charge in [0.25, 0.3) is 0 Å². The smallest absolute Gasteiger partial charge is 0.306 e. The molecule has 4 nitrogen and oxygen atoms in total. The van der Waals surface area contributed by atoms with E-state index in [1.54, 1.807) is 0 Å². The van der Waals surface area contributed by atoms with Gasteiger partial charge in [-0.1, -0.05) is 42.5 Å². The first-order chi connectivity index (χ1) is 10.7. The van der Waals surface area contributed by atoms with Crippen molar-refractivity contribution >= 4 is 12.0 Å². The number of hydrogen-bond donors (Lipinski definition) is 1. The lowest BCUT2D eigenvalue weighted by molar-refractivity contribution is -0.141. The molecule has 1 N–H and O–H groups in total. The van der Waals surface area contributed by atoms with Gasteiger partial charge in [-0.3, -0.25) is 9.69 Å². The maximum absolute atomic E-state index is 11.2.